The molecule has 0 unspecified atom stereocenters. The summed E-state index contributed by atoms with van der Waals surface area (Å²) in [6.07, 6.45) is 5.50. The largest absolute Gasteiger partial charge is 0.355 e. The SMILES string of the molecule is C=CCn1c(SCC(=O)NCCc2ccc(Cl)cc2)nc2sc3c(c2c1=O)CCC3. The lowest BCUT2D eigenvalue weighted by atomic mass is 10.1. The van der Waals surface area contributed by atoms with Gasteiger partial charge < -0.3 is 5.32 Å². The molecule has 0 fully saturated rings. The first-order valence-corrected chi connectivity index (χ1v) is 12.0. The summed E-state index contributed by atoms with van der Waals surface area (Å²) in [4.78, 5) is 32.2. The Kier molecular flexibility index (Phi) is 6.61. The van der Waals surface area contributed by atoms with E-state index in [0.717, 1.165) is 41.5 Å². The van der Waals surface area contributed by atoms with Gasteiger partial charge in [0, 0.05) is 23.0 Å². The van der Waals surface area contributed by atoms with Crippen LogP contribution in [-0.2, 0) is 30.6 Å². The quantitative estimate of drug-likeness (QED) is 0.311. The van der Waals surface area contributed by atoms with Crippen LogP contribution in [0.15, 0.2) is 46.9 Å². The Balaban J connectivity index is 1.43. The molecule has 3 aromatic rings. The number of thiophene rings is 1. The molecular weight excluding hydrogens is 438 g/mol. The summed E-state index contributed by atoms with van der Waals surface area (Å²) >= 11 is 8.80. The first-order valence-electron chi connectivity index (χ1n) is 9.86. The van der Waals surface area contributed by atoms with E-state index in [1.54, 1.807) is 22.0 Å². The maximum absolute atomic E-state index is 13.1. The normalized spacial score (nSPS) is 12.8. The van der Waals surface area contributed by atoms with Crippen LogP contribution in [0.3, 0.4) is 0 Å². The van der Waals surface area contributed by atoms with E-state index < -0.39 is 0 Å². The lowest BCUT2D eigenvalue weighted by Gasteiger charge is -2.11. The molecule has 30 heavy (non-hydrogen) atoms. The number of amides is 1. The third-order valence-electron chi connectivity index (χ3n) is 5.08. The molecule has 4 rings (SSSR count). The molecule has 1 aliphatic rings. The Morgan fingerprint density at radius 3 is 2.90 bits per heavy atom. The number of rotatable bonds is 8. The predicted molar refractivity (Wildman–Crippen MR) is 125 cm³/mol. The van der Waals surface area contributed by atoms with Crippen LogP contribution in [0.1, 0.15) is 22.4 Å². The molecular formula is C22H22ClN3O2S2. The maximum Gasteiger partial charge on any atom is 0.263 e. The number of benzene rings is 1. The van der Waals surface area contributed by atoms with Crippen molar-refractivity contribution < 1.29 is 4.79 Å². The van der Waals surface area contributed by atoms with Crippen molar-refractivity contribution >= 4 is 50.8 Å². The van der Waals surface area contributed by atoms with E-state index in [1.807, 2.05) is 24.3 Å². The monoisotopic (exact) mass is 459 g/mol. The standard InChI is InChI=1S/C22H22ClN3O2S2/c1-2-12-26-21(28)19-16-4-3-5-17(16)30-20(19)25-22(26)29-13-18(27)24-11-10-14-6-8-15(23)9-7-14/h2,6-9H,1,3-5,10-13H2,(H,24,27). The average Bonchev–Trinajstić information content (AvgIpc) is 3.31. The molecule has 1 amide bonds. The van der Waals surface area contributed by atoms with Gasteiger partial charge in [-0.25, -0.2) is 4.98 Å². The van der Waals surface area contributed by atoms with Crippen molar-refractivity contribution in [3.05, 3.63) is 68.3 Å². The smallest absolute Gasteiger partial charge is 0.263 e. The number of carbonyl (C=O) groups excluding carboxylic acids is 1. The number of nitrogens with zero attached hydrogens (tertiary/aromatic N) is 2. The van der Waals surface area contributed by atoms with E-state index in [9.17, 15) is 9.59 Å². The molecule has 2 heterocycles. The van der Waals surface area contributed by atoms with Gasteiger partial charge >= 0.3 is 0 Å². The number of thioether (sulfide) groups is 1. The minimum absolute atomic E-state index is 0.0232. The zero-order valence-electron chi connectivity index (χ0n) is 16.4. The van der Waals surface area contributed by atoms with Gasteiger partial charge in [0.1, 0.15) is 4.83 Å². The van der Waals surface area contributed by atoms with E-state index in [2.05, 4.69) is 11.9 Å². The van der Waals surface area contributed by atoms with Crippen LogP contribution in [-0.4, -0.2) is 27.8 Å². The van der Waals surface area contributed by atoms with Crippen molar-refractivity contribution in [3.8, 4) is 0 Å². The molecule has 0 atom stereocenters. The highest BCUT2D eigenvalue weighted by Crippen LogP contribution is 2.35. The van der Waals surface area contributed by atoms with E-state index in [4.69, 9.17) is 16.6 Å². The molecule has 2 aromatic heterocycles. The zero-order chi connectivity index (χ0) is 21.1. The molecule has 0 saturated carbocycles. The van der Waals surface area contributed by atoms with E-state index in [-0.39, 0.29) is 17.2 Å². The van der Waals surface area contributed by atoms with Crippen molar-refractivity contribution in [2.24, 2.45) is 0 Å². The lowest BCUT2D eigenvalue weighted by Crippen LogP contribution is -2.28. The molecule has 1 aromatic carbocycles. The number of nitrogens with one attached hydrogen (secondary N) is 1. The number of aryl methyl sites for hydroxylation is 2. The molecule has 0 saturated heterocycles. The Bertz CT molecular complexity index is 1150. The van der Waals surface area contributed by atoms with E-state index >= 15 is 0 Å². The third-order valence-corrected chi connectivity index (χ3v) is 7.50. The van der Waals surface area contributed by atoms with Gasteiger partial charge in [-0.15, -0.1) is 17.9 Å². The molecule has 0 radical (unpaired) electrons. The minimum atomic E-state index is -0.0814. The summed E-state index contributed by atoms with van der Waals surface area (Å²) < 4.78 is 1.63. The number of fused-ring (bicyclic) bond motifs is 3. The highest BCUT2D eigenvalue weighted by Gasteiger charge is 2.23. The second-order valence-electron chi connectivity index (χ2n) is 7.15. The molecule has 1 aliphatic carbocycles. The van der Waals surface area contributed by atoms with Gasteiger partial charge in [0.05, 0.1) is 11.1 Å². The van der Waals surface area contributed by atoms with Crippen LogP contribution in [0.5, 0.6) is 0 Å². The number of hydrogen-bond acceptors (Lipinski definition) is 5. The van der Waals surface area contributed by atoms with Gasteiger partial charge in [-0.3, -0.25) is 14.2 Å². The molecule has 0 spiro atoms. The van der Waals surface area contributed by atoms with Gasteiger partial charge in [0.15, 0.2) is 5.16 Å². The van der Waals surface area contributed by atoms with Crippen molar-refractivity contribution in [3.63, 3.8) is 0 Å². The fraction of sp³-hybridized carbons (Fsp3) is 0.318. The molecule has 5 nitrogen and oxygen atoms in total. The van der Waals surface area contributed by atoms with Gasteiger partial charge in [0.25, 0.3) is 5.56 Å². The number of carbonyl (C=O) groups is 1. The third kappa shape index (κ3) is 4.48. The molecule has 8 heteroatoms. The fourth-order valence-corrected chi connectivity index (χ4v) is 5.90. The lowest BCUT2D eigenvalue weighted by molar-refractivity contribution is -0.118. The number of allylic oxidation sites excluding steroid dienone is 1. The summed E-state index contributed by atoms with van der Waals surface area (Å²) in [5.41, 5.74) is 2.26. The Hall–Kier alpha value is -2.09. The number of aromatic nitrogens is 2. The first kappa shape index (κ1) is 21.2. The highest BCUT2D eigenvalue weighted by molar-refractivity contribution is 7.99. The van der Waals surface area contributed by atoms with Crippen molar-refractivity contribution in [2.45, 2.75) is 37.4 Å². The second kappa shape index (κ2) is 9.37. The summed E-state index contributed by atoms with van der Waals surface area (Å²) in [7, 11) is 0. The van der Waals surface area contributed by atoms with Gasteiger partial charge in [-0.1, -0.05) is 41.6 Å². The van der Waals surface area contributed by atoms with Crippen LogP contribution in [0.2, 0.25) is 5.02 Å². The van der Waals surface area contributed by atoms with Gasteiger partial charge in [-0.05, 0) is 48.9 Å². The summed E-state index contributed by atoms with van der Waals surface area (Å²) in [5, 5.41) is 4.95. The fourth-order valence-electron chi connectivity index (χ4n) is 3.64. The summed E-state index contributed by atoms with van der Waals surface area (Å²) in [5.74, 6) is 0.128. The molecule has 1 N–H and O–H groups in total. The van der Waals surface area contributed by atoms with Crippen LogP contribution >= 0.6 is 34.7 Å². The molecule has 156 valence electrons. The van der Waals surface area contributed by atoms with Crippen LogP contribution in [0.25, 0.3) is 10.2 Å². The number of hydrogen-bond donors (Lipinski definition) is 1. The maximum atomic E-state index is 13.1. The highest BCUT2D eigenvalue weighted by atomic mass is 35.5. The zero-order valence-corrected chi connectivity index (χ0v) is 18.8. The van der Waals surface area contributed by atoms with E-state index in [0.29, 0.717) is 23.3 Å². The second-order valence-corrected chi connectivity index (χ2v) is 9.61. The van der Waals surface area contributed by atoms with Gasteiger partial charge in [0.2, 0.25) is 5.91 Å². The topological polar surface area (TPSA) is 64.0 Å². The predicted octanol–water partition coefficient (Wildman–Crippen LogP) is 4.24. The van der Waals surface area contributed by atoms with E-state index in [1.165, 1.54) is 22.2 Å². The van der Waals surface area contributed by atoms with Crippen LogP contribution in [0.4, 0.5) is 0 Å². The van der Waals surface area contributed by atoms with Crippen LogP contribution in [0, 0.1) is 0 Å². The Morgan fingerprint density at radius 1 is 1.33 bits per heavy atom. The van der Waals surface area contributed by atoms with Crippen molar-refractivity contribution in [1.29, 1.82) is 0 Å². The molecule has 0 bridgehead atoms. The minimum Gasteiger partial charge on any atom is -0.355 e. The summed E-state index contributed by atoms with van der Waals surface area (Å²) in [6, 6.07) is 7.59. The van der Waals surface area contributed by atoms with Crippen molar-refractivity contribution in [1.82, 2.24) is 14.9 Å². The first-order chi connectivity index (χ1) is 14.6. The Morgan fingerprint density at radius 2 is 2.13 bits per heavy atom. The van der Waals surface area contributed by atoms with Crippen molar-refractivity contribution in [2.75, 3.05) is 12.3 Å². The number of halogens is 1. The molecule has 0 aliphatic heterocycles. The average molecular weight is 460 g/mol. The van der Waals surface area contributed by atoms with Gasteiger partial charge in [-0.2, -0.15) is 0 Å². The summed E-state index contributed by atoms with van der Waals surface area (Å²) in [6.45, 7) is 4.69. The Labute approximate surface area is 188 Å². The van der Waals surface area contributed by atoms with Crippen LogP contribution < -0.4 is 10.9 Å².